The molecule has 1 rings (SSSR count). The lowest BCUT2D eigenvalue weighted by atomic mass is 10.1. The van der Waals surface area contributed by atoms with Crippen molar-refractivity contribution in [3.63, 3.8) is 0 Å². The quantitative estimate of drug-likeness (QED) is 0.119. The number of allylic oxidation sites excluding steroid dienone is 6. The van der Waals surface area contributed by atoms with Crippen LogP contribution in [0.2, 0.25) is 0 Å². The lowest BCUT2D eigenvalue weighted by Gasteiger charge is -2.16. The van der Waals surface area contributed by atoms with Crippen molar-refractivity contribution in [2.45, 2.75) is 119 Å². The third kappa shape index (κ3) is 24.3. The number of unbranched alkanes of at least 4 members (excludes halogenated alkanes) is 4. The second-order valence-electron chi connectivity index (χ2n) is 10.1. The van der Waals surface area contributed by atoms with Crippen molar-refractivity contribution in [1.29, 1.82) is 0 Å². The van der Waals surface area contributed by atoms with Gasteiger partial charge in [-0.05, 0) is 56.1 Å². The molecule has 0 aromatic rings. The maximum absolute atomic E-state index is 11.9. The molecule has 0 saturated heterocycles. The van der Waals surface area contributed by atoms with E-state index in [1.165, 1.54) is 12.8 Å². The molecule has 1 aliphatic rings. The third-order valence-electron chi connectivity index (χ3n) is 5.62. The molecule has 1 N–H and O–H groups in total. The Bertz CT molecular complexity index is 736. The summed E-state index contributed by atoms with van der Waals surface area (Å²) >= 11 is 0. The van der Waals surface area contributed by atoms with E-state index in [0.717, 1.165) is 44.9 Å². The minimum absolute atomic E-state index is 0.0171. The molecule has 0 aromatic heterocycles. The fraction of sp³-hybridized carbons (Fsp3) is 0.697. The van der Waals surface area contributed by atoms with E-state index in [9.17, 15) is 9.59 Å². The number of methoxy groups -OCH3 is 1. The average molecular weight is 550 g/mol. The van der Waals surface area contributed by atoms with E-state index in [2.05, 4.69) is 59.0 Å². The van der Waals surface area contributed by atoms with Crippen LogP contribution in [0.1, 0.15) is 113 Å². The normalized spacial score (nSPS) is 15.1. The molecule has 2 atom stereocenters. The lowest BCUT2D eigenvalue weighted by molar-refractivity contribution is -0.153. The van der Waals surface area contributed by atoms with Gasteiger partial charge in [0.1, 0.15) is 6.10 Å². The van der Waals surface area contributed by atoms with Gasteiger partial charge in [-0.25, -0.2) is 4.79 Å². The molecule has 2 unspecified atom stereocenters. The third-order valence-corrected chi connectivity index (χ3v) is 5.62. The Morgan fingerprint density at radius 3 is 2.18 bits per heavy atom. The summed E-state index contributed by atoms with van der Waals surface area (Å²) in [5.41, 5.74) is 0. The standard InChI is InChI=1S/C18H28O4.C12H23NO.C3H8/c1-5-7-8-15(6-2)22-18(19)13-21-17-12-10-14(3)9-11-16(17)20-4;1-11(2)9-7-5-4-6-8-10-12(14)13-3;1-3-2/h9-12,14-15H,5-8,13H2,1-4H3;7,9,11H,4-6,8,10H2,1-3H3,(H,13,14);3H2,1-2H3/b;9-7+;. The van der Waals surface area contributed by atoms with Gasteiger partial charge in [-0.15, -0.1) is 0 Å². The number of carbonyl (C=O) groups excluding carboxylic acids is 2. The van der Waals surface area contributed by atoms with Gasteiger partial charge in [0.15, 0.2) is 18.1 Å². The maximum atomic E-state index is 11.9. The molecular weight excluding hydrogens is 490 g/mol. The fourth-order valence-electron chi connectivity index (χ4n) is 3.35. The van der Waals surface area contributed by atoms with Crippen LogP contribution >= 0.6 is 0 Å². The Morgan fingerprint density at radius 1 is 1.00 bits per heavy atom. The predicted molar refractivity (Wildman–Crippen MR) is 164 cm³/mol. The summed E-state index contributed by atoms with van der Waals surface area (Å²) in [6.07, 6.45) is 22.5. The largest absolute Gasteiger partial charge is 0.493 e. The number of nitrogens with one attached hydrogen (secondary N) is 1. The van der Waals surface area contributed by atoms with Gasteiger partial charge in [0, 0.05) is 13.5 Å². The highest BCUT2D eigenvalue weighted by molar-refractivity contribution is 5.75. The van der Waals surface area contributed by atoms with Gasteiger partial charge < -0.3 is 19.5 Å². The minimum atomic E-state index is -0.333. The van der Waals surface area contributed by atoms with Crippen molar-refractivity contribution in [3.8, 4) is 0 Å². The molecule has 6 heteroatoms. The van der Waals surface area contributed by atoms with E-state index in [1.807, 2.05) is 31.2 Å². The van der Waals surface area contributed by atoms with E-state index < -0.39 is 0 Å². The van der Waals surface area contributed by atoms with Crippen LogP contribution in [0.25, 0.3) is 0 Å². The Labute approximate surface area is 240 Å². The highest BCUT2D eigenvalue weighted by Gasteiger charge is 2.15. The van der Waals surface area contributed by atoms with Crippen molar-refractivity contribution in [2.75, 3.05) is 20.8 Å². The topological polar surface area (TPSA) is 73.9 Å². The lowest BCUT2D eigenvalue weighted by Crippen LogP contribution is -2.21. The molecule has 1 aliphatic carbocycles. The maximum Gasteiger partial charge on any atom is 0.344 e. The predicted octanol–water partition coefficient (Wildman–Crippen LogP) is 8.45. The molecule has 0 aliphatic heterocycles. The summed E-state index contributed by atoms with van der Waals surface area (Å²) in [7, 11) is 3.27. The first-order valence-electron chi connectivity index (χ1n) is 15.0. The molecule has 0 saturated carbocycles. The fourth-order valence-corrected chi connectivity index (χ4v) is 3.35. The zero-order valence-electron chi connectivity index (χ0n) is 26.5. The van der Waals surface area contributed by atoms with E-state index >= 15 is 0 Å². The van der Waals surface area contributed by atoms with E-state index in [1.54, 1.807) is 14.2 Å². The molecule has 6 nitrogen and oxygen atoms in total. The number of amides is 1. The van der Waals surface area contributed by atoms with Crippen molar-refractivity contribution in [1.82, 2.24) is 5.32 Å². The summed E-state index contributed by atoms with van der Waals surface area (Å²) in [5, 5.41) is 2.63. The van der Waals surface area contributed by atoms with E-state index in [4.69, 9.17) is 14.2 Å². The van der Waals surface area contributed by atoms with Gasteiger partial charge in [0.2, 0.25) is 5.91 Å². The van der Waals surface area contributed by atoms with Gasteiger partial charge in [0.25, 0.3) is 0 Å². The van der Waals surface area contributed by atoms with Crippen LogP contribution in [0.15, 0.2) is 48.0 Å². The van der Waals surface area contributed by atoms with Crippen LogP contribution < -0.4 is 5.32 Å². The molecule has 0 spiro atoms. The number of hydrogen-bond acceptors (Lipinski definition) is 5. The number of hydrogen-bond donors (Lipinski definition) is 1. The Kier molecular flexibility index (Phi) is 26.8. The first kappa shape index (κ1) is 38.6. The second kappa shape index (κ2) is 27.1. The van der Waals surface area contributed by atoms with Crippen LogP contribution in [0.5, 0.6) is 0 Å². The summed E-state index contributed by atoms with van der Waals surface area (Å²) in [6, 6.07) is 0. The van der Waals surface area contributed by atoms with Gasteiger partial charge in [0.05, 0.1) is 7.11 Å². The minimum Gasteiger partial charge on any atom is -0.493 e. The van der Waals surface area contributed by atoms with Gasteiger partial charge in [-0.3, -0.25) is 4.79 Å². The number of carbonyl (C=O) groups is 2. The first-order valence-corrected chi connectivity index (χ1v) is 15.0. The van der Waals surface area contributed by atoms with Gasteiger partial charge in [-0.2, -0.15) is 0 Å². The van der Waals surface area contributed by atoms with Crippen molar-refractivity contribution in [3.05, 3.63) is 48.0 Å². The summed E-state index contributed by atoms with van der Waals surface area (Å²) in [4.78, 5) is 22.8. The molecule has 39 heavy (non-hydrogen) atoms. The monoisotopic (exact) mass is 549 g/mol. The number of ether oxygens (including phenoxy) is 3. The Hall–Kier alpha value is -2.50. The van der Waals surface area contributed by atoms with Crippen LogP contribution in [-0.4, -0.2) is 38.7 Å². The highest BCUT2D eigenvalue weighted by Crippen LogP contribution is 2.18. The Balaban J connectivity index is 0. The summed E-state index contributed by atoms with van der Waals surface area (Å²) < 4.78 is 16.3. The molecule has 1 amide bonds. The second-order valence-corrected chi connectivity index (χ2v) is 10.1. The Morgan fingerprint density at radius 2 is 1.64 bits per heavy atom. The molecule has 226 valence electrons. The van der Waals surface area contributed by atoms with Crippen molar-refractivity contribution < 1.29 is 23.8 Å². The van der Waals surface area contributed by atoms with E-state index in [0.29, 0.717) is 29.8 Å². The SMILES string of the molecule is CCC.CCCCC(CC)OC(=O)COC1=C(OC)C=CC(C)C=C1.CNC(=O)CCCCC/C=C/C(C)C. The molecule has 0 heterocycles. The molecule has 0 aromatic carbocycles. The average Bonchev–Trinajstić information content (AvgIpc) is 3.10. The van der Waals surface area contributed by atoms with Gasteiger partial charge in [-0.1, -0.05) is 98.5 Å². The van der Waals surface area contributed by atoms with Crippen LogP contribution in [0.4, 0.5) is 0 Å². The smallest absolute Gasteiger partial charge is 0.344 e. The zero-order chi connectivity index (χ0) is 29.9. The number of esters is 1. The molecule has 0 fully saturated rings. The highest BCUT2D eigenvalue weighted by atomic mass is 16.6. The molecule has 0 bridgehead atoms. The van der Waals surface area contributed by atoms with Crippen molar-refractivity contribution in [2.24, 2.45) is 11.8 Å². The van der Waals surface area contributed by atoms with E-state index in [-0.39, 0.29) is 24.6 Å². The zero-order valence-corrected chi connectivity index (χ0v) is 26.5. The summed E-state index contributed by atoms with van der Waals surface area (Å²) in [5.74, 6) is 1.95. The van der Waals surface area contributed by atoms with Gasteiger partial charge >= 0.3 is 5.97 Å². The molecule has 0 radical (unpaired) electrons. The van der Waals surface area contributed by atoms with Crippen LogP contribution in [0.3, 0.4) is 0 Å². The van der Waals surface area contributed by atoms with Crippen LogP contribution in [-0.2, 0) is 23.8 Å². The first-order chi connectivity index (χ1) is 18.7. The molecular formula is C33H59NO5. The van der Waals surface area contributed by atoms with Crippen LogP contribution in [0, 0.1) is 11.8 Å². The van der Waals surface area contributed by atoms with Crippen molar-refractivity contribution >= 4 is 11.9 Å². The number of rotatable bonds is 16. The summed E-state index contributed by atoms with van der Waals surface area (Å²) in [6.45, 7) is 14.7.